The lowest BCUT2D eigenvalue weighted by molar-refractivity contribution is -0.140. The van der Waals surface area contributed by atoms with Crippen molar-refractivity contribution in [3.05, 3.63) is 47.8 Å². The Bertz CT molecular complexity index is 1290. The summed E-state index contributed by atoms with van der Waals surface area (Å²) in [6.07, 6.45) is 3.78. The van der Waals surface area contributed by atoms with Gasteiger partial charge in [-0.25, -0.2) is 8.91 Å². The number of alkyl halides is 1. The predicted octanol–water partition coefficient (Wildman–Crippen LogP) is 3.25. The molecule has 3 aromatic rings. The minimum atomic E-state index is -1.65. The van der Waals surface area contributed by atoms with Gasteiger partial charge in [0.25, 0.3) is 5.91 Å². The second-order valence-electron chi connectivity index (χ2n) is 9.17. The second-order valence-corrected chi connectivity index (χ2v) is 9.17. The molecule has 0 aliphatic heterocycles. The molecule has 3 aromatic heterocycles. The van der Waals surface area contributed by atoms with Crippen molar-refractivity contribution in [3.8, 4) is 17.5 Å². The average Bonchev–Trinajstić information content (AvgIpc) is 3.31. The van der Waals surface area contributed by atoms with Crippen molar-refractivity contribution >= 4 is 23.1 Å². The van der Waals surface area contributed by atoms with Gasteiger partial charge in [0.05, 0.1) is 59.2 Å². The zero-order chi connectivity index (χ0) is 27.0. The van der Waals surface area contributed by atoms with E-state index >= 15 is 0 Å². The van der Waals surface area contributed by atoms with Gasteiger partial charge < -0.3 is 20.5 Å². The van der Waals surface area contributed by atoms with Crippen LogP contribution in [0.2, 0.25) is 0 Å². The van der Waals surface area contributed by atoms with Crippen LogP contribution in [0.5, 0.6) is 0 Å². The molecule has 10 nitrogen and oxygen atoms in total. The summed E-state index contributed by atoms with van der Waals surface area (Å²) in [6, 6.07) is 9.12. The highest BCUT2D eigenvalue weighted by molar-refractivity contribution is 6.00. The van der Waals surface area contributed by atoms with Gasteiger partial charge in [0.1, 0.15) is 12.2 Å². The molecule has 0 aromatic carbocycles. The number of nitriles is 1. The lowest BCUT2D eigenvalue weighted by Crippen LogP contribution is -2.42. The zero-order valence-electron chi connectivity index (χ0n) is 21.1. The van der Waals surface area contributed by atoms with E-state index < -0.39 is 17.7 Å². The molecule has 0 saturated carbocycles. The number of hydrogen-bond donors (Lipinski definition) is 3. The molecule has 0 bridgehead atoms. The molecule has 0 radical (unpaired) electrons. The molecule has 196 valence electrons. The van der Waals surface area contributed by atoms with E-state index in [0.29, 0.717) is 42.0 Å². The summed E-state index contributed by atoms with van der Waals surface area (Å²) in [5.74, 6) is -0.784. The highest BCUT2D eigenvalue weighted by Crippen LogP contribution is 2.26. The minimum absolute atomic E-state index is 0.224. The summed E-state index contributed by atoms with van der Waals surface area (Å²) in [5, 5.41) is 29.0. The number of unbranched alkanes of at least 4 members (excludes halogenated alkanes) is 2. The summed E-state index contributed by atoms with van der Waals surface area (Å²) in [5.41, 5.74) is 1.50. The maximum Gasteiger partial charge on any atom is 0.305 e. The first-order valence-corrected chi connectivity index (χ1v) is 12.0. The Morgan fingerprint density at radius 2 is 2.03 bits per heavy atom. The van der Waals surface area contributed by atoms with Gasteiger partial charge in [0.2, 0.25) is 0 Å². The van der Waals surface area contributed by atoms with E-state index in [1.54, 1.807) is 16.6 Å². The van der Waals surface area contributed by atoms with Crippen molar-refractivity contribution in [1.29, 1.82) is 5.26 Å². The molecule has 1 atom stereocenters. The number of aromatic nitrogens is 3. The van der Waals surface area contributed by atoms with Gasteiger partial charge in [-0.1, -0.05) is 6.42 Å². The summed E-state index contributed by atoms with van der Waals surface area (Å²) in [4.78, 5) is 28.6. The fourth-order valence-electron chi connectivity index (χ4n) is 3.60. The van der Waals surface area contributed by atoms with E-state index in [9.17, 15) is 19.1 Å². The standard InChI is InChI=1S/C26H31FN6O4/c1-26(2,36)23(27)16-31-25(35)19-15-30-21(12-20(19)29-10-6-4-5-7-24(34)37-3)22-9-8-18-11-17(13-28)14-32-33(18)22/h8-9,11-12,14-15,23,36H,4-7,10,16H2,1-3H3,(H,29,30)(H,31,35)/t23-/m1/s1. The van der Waals surface area contributed by atoms with Crippen LogP contribution in [-0.4, -0.2) is 63.6 Å². The molecule has 0 saturated heterocycles. The Balaban J connectivity index is 1.81. The molecule has 0 aliphatic rings. The quantitative estimate of drug-likeness (QED) is 0.249. The molecular weight excluding hydrogens is 479 g/mol. The number of carbonyl (C=O) groups is 2. The maximum atomic E-state index is 14.2. The van der Waals surface area contributed by atoms with Gasteiger partial charge in [-0.2, -0.15) is 10.4 Å². The number of halogens is 1. The number of nitrogens with zero attached hydrogens (tertiary/aromatic N) is 4. The molecule has 11 heteroatoms. The molecule has 1 amide bonds. The molecule has 3 heterocycles. The highest BCUT2D eigenvalue weighted by Gasteiger charge is 2.27. The van der Waals surface area contributed by atoms with Gasteiger partial charge >= 0.3 is 5.97 Å². The lowest BCUT2D eigenvalue weighted by atomic mass is 10.0. The number of ether oxygens (including phenoxy) is 1. The first-order chi connectivity index (χ1) is 17.6. The Hall–Kier alpha value is -4.04. The fraction of sp³-hybridized carbons (Fsp3) is 0.423. The van der Waals surface area contributed by atoms with E-state index in [1.165, 1.54) is 33.4 Å². The number of anilines is 1. The predicted molar refractivity (Wildman–Crippen MR) is 136 cm³/mol. The Morgan fingerprint density at radius 3 is 2.73 bits per heavy atom. The maximum absolute atomic E-state index is 14.2. The molecule has 3 N–H and O–H groups in total. The topological polar surface area (TPSA) is 142 Å². The number of methoxy groups -OCH3 is 1. The third-order valence-corrected chi connectivity index (χ3v) is 5.85. The van der Waals surface area contributed by atoms with Crippen molar-refractivity contribution in [2.45, 2.75) is 51.3 Å². The van der Waals surface area contributed by atoms with Gasteiger partial charge in [-0.15, -0.1) is 0 Å². The minimum Gasteiger partial charge on any atom is -0.469 e. The third-order valence-electron chi connectivity index (χ3n) is 5.85. The van der Waals surface area contributed by atoms with E-state index in [-0.39, 0.29) is 18.1 Å². The van der Waals surface area contributed by atoms with Crippen LogP contribution >= 0.6 is 0 Å². The van der Waals surface area contributed by atoms with E-state index in [4.69, 9.17) is 5.26 Å². The van der Waals surface area contributed by atoms with Crippen molar-refractivity contribution in [1.82, 2.24) is 19.9 Å². The Kier molecular flexibility index (Phi) is 9.14. The Morgan fingerprint density at radius 1 is 1.24 bits per heavy atom. The van der Waals surface area contributed by atoms with Crippen molar-refractivity contribution in [2.75, 3.05) is 25.5 Å². The number of fused-ring (bicyclic) bond motifs is 1. The summed E-state index contributed by atoms with van der Waals surface area (Å²) < 4.78 is 20.5. The van der Waals surface area contributed by atoms with Crippen LogP contribution in [0.3, 0.4) is 0 Å². The van der Waals surface area contributed by atoms with Crippen LogP contribution in [0.4, 0.5) is 10.1 Å². The summed E-state index contributed by atoms with van der Waals surface area (Å²) in [7, 11) is 1.36. The number of amides is 1. The number of hydrogen-bond acceptors (Lipinski definition) is 8. The number of esters is 1. The van der Waals surface area contributed by atoms with Crippen LogP contribution in [0.1, 0.15) is 55.5 Å². The van der Waals surface area contributed by atoms with Gasteiger partial charge in [-0.3, -0.25) is 14.6 Å². The molecular formula is C26H31FN6O4. The van der Waals surface area contributed by atoms with E-state index in [2.05, 4.69) is 31.5 Å². The number of carbonyl (C=O) groups excluding carboxylic acids is 2. The van der Waals surface area contributed by atoms with Crippen LogP contribution in [0, 0.1) is 11.3 Å². The third kappa shape index (κ3) is 7.24. The van der Waals surface area contributed by atoms with Crippen molar-refractivity contribution in [3.63, 3.8) is 0 Å². The lowest BCUT2D eigenvalue weighted by Gasteiger charge is -2.22. The summed E-state index contributed by atoms with van der Waals surface area (Å²) in [6.45, 7) is 2.84. The summed E-state index contributed by atoms with van der Waals surface area (Å²) >= 11 is 0. The average molecular weight is 511 g/mol. The second kappa shape index (κ2) is 12.3. The van der Waals surface area contributed by atoms with Crippen LogP contribution < -0.4 is 10.6 Å². The van der Waals surface area contributed by atoms with Crippen LogP contribution in [0.25, 0.3) is 16.9 Å². The van der Waals surface area contributed by atoms with Crippen molar-refractivity contribution < 1.29 is 23.8 Å². The smallest absolute Gasteiger partial charge is 0.305 e. The SMILES string of the molecule is COC(=O)CCCCCNc1cc(-c2ccc3cc(C#N)cnn23)ncc1C(=O)NC[C@@H](F)C(C)(C)O. The van der Waals surface area contributed by atoms with Gasteiger partial charge in [0, 0.05) is 19.2 Å². The first-order valence-electron chi connectivity index (χ1n) is 12.0. The largest absolute Gasteiger partial charge is 0.469 e. The molecule has 0 unspecified atom stereocenters. The number of aliphatic hydroxyl groups is 1. The van der Waals surface area contributed by atoms with Gasteiger partial charge in [-0.05, 0) is 51.0 Å². The first kappa shape index (κ1) is 27.5. The van der Waals surface area contributed by atoms with Crippen LogP contribution in [-0.2, 0) is 9.53 Å². The highest BCUT2D eigenvalue weighted by atomic mass is 19.1. The van der Waals surface area contributed by atoms with E-state index in [0.717, 1.165) is 18.4 Å². The van der Waals surface area contributed by atoms with Crippen LogP contribution in [0.15, 0.2) is 36.7 Å². The molecule has 0 aliphatic carbocycles. The normalized spacial score (nSPS) is 12.1. The van der Waals surface area contributed by atoms with E-state index in [1.807, 2.05) is 12.1 Å². The molecule has 3 rings (SSSR count). The number of nitrogens with one attached hydrogen (secondary N) is 2. The molecule has 37 heavy (non-hydrogen) atoms. The fourth-order valence-corrected chi connectivity index (χ4v) is 3.60. The molecule has 0 fully saturated rings. The van der Waals surface area contributed by atoms with Gasteiger partial charge in [0.15, 0.2) is 0 Å². The molecule has 0 spiro atoms. The number of rotatable bonds is 12. The number of pyridine rings is 1. The Labute approximate surface area is 214 Å². The monoisotopic (exact) mass is 510 g/mol. The zero-order valence-corrected chi connectivity index (χ0v) is 21.1. The van der Waals surface area contributed by atoms with Crippen molar-refractivity contribution in [2.24, 2.45) is 0 Å².